The maximum Gasteiger partial charge on any atom is 0.219 e. The first-order valence-corrected chi connectivity index (χ1v) is 6.80. The highest BCUT2D eigenvalue weighted by molar-refractivity contribution is 6.74. The maximum absolute atomic E-state index is 9.70. The van der Waals surface area contributed by atoms with Crippen molar-refractivity contribution in [2.75, 3.05) is 7.11 Å². The van der Waals surface area contributed by atoms with Crippen molar-refractivity contribution >= 4 is 8.32 Å². The minimum atomic E-state index is -1.77. The van der Waals surface area contributed by atoms with E-state index in [2.05, 4.69) is 13.8 Å². The maximum atomic E-state index is 9.70. The van der Waals surface area contributed by atoms with Gasteiger partial charge in [-0.2, -0.15) is 0 Å². The summed E-state index contributed by atoms with van der Waals surface area (Å²) in [4.78, 5) is 0. The van der Waals surface area contributed by atoms with Crippen LogP contribution in [0, 0.1) is 0 Å². The lowest BCUT2D eigenvalue weighted by Gasteiger charge is -2.31. The molecular weight excluding hydrogens is 156 g/mol. The Morgan fingerprint density at radius 2 is 1.73 bits per heavy atom. The number of hydrogen-bond acceptors (Lipinski definition) is 2. The highest BCUT2D eigenvalue weighted by Gasteiger charge is 2.36. The molecule has 1 N–H and O–H groups in total. The molecule has 0 aliphatic carbocycles. The molecule has 0 aliphatic rings. The van der Waals surface area contributed by atoms with Gasteiger partial charge in [0.05, 0.1) is 5.73 Å². The second-order valence-corrected chi connectivity index (χ2v) is 7.52. The summed E-state index contributed by atoms with van der Waals surface area (Å²) < 4.78 is 5.48. The van der Waals surface area contributed by atoms with E-state index in [1.807, 2.05) is 6.92 Å². The van der Waals surface area contributed by atoms with Crippen molar-refractivity contribution in [1.29, 1.82) is 0 Å². The van der Waals surface area contributed by atoms with Gasteiger partial charge in [-0.25, -0.2) is 0 Å². The topological polar surface area (TPSA) is 29.5 Å². The van der Waals surface area contributed by atoms with Crippen molar-refractivity contribution in [1.82, 2.24) is 0 Å². The fourth-order valence-electron chi connectivity index (χ4n) is 1.52. The first-order chi connectivity index (χ1) is 5.16. The van der Waals surface area contributed by atoms with Gasteiger partial charge in [-0.1, -0.05) is 20.8 Å². The SMILES string of the molecule is CCC(O)[Si](CC)(CC)OC. The fraction of sp³-hybridized carbons (Fsp3) is 1.00. The summed E-state index contributed by atoms with van der Waals surface area (Å²) in [6.45, 7) is 6.23. The molecular formula is C8H20O2Si. The third-order valence-corrected chi connectivity index (χ3v) is 7.43. The summed E-state index contributed by atoms with van der Waals surface area (Å²) in [6.07, 6.45) is 0.821. The molecule has 1 atom stereocenters. The quantitative estimate of drug-likeness (QED) is 0.649. The van der Waals surface area contributed by atoms with E-state index < -0.39 is 8.32 Å². The zero-order valence-corrected chi connectivity index (χ0v) is 9.05. The first kappa shape index (κ1) is 11.1. The van der Waals surface area contributed by atoms with Gasteiger partial charge in [-0.3, -0.25) is 0 Å². The molecule has 1 unspecified atom stereocenters. The number of aliphatic hydroxyl groups is 1. The minimum Gasteiger partial charge on any atom is -0.417 e. The Labute approximate surface area is 70.7 Å². The molecule has 0 aromatic heterocycles. The summed E-state index contributed by atoms with van der Waals surface area (Å²) in [5.74, 6) is 0. The van der Waals surface area contributed by atoms with Crippen LogP contribution in [0.25, 0.3) is 0 Å². The molecule has 0 aromatic rings. The molecule has 0 bridgehead atoms. The van der Waals surface area contributed by atoms with Crippen molar-refractivity contribution in [3.8, 4) is 0 Å². The summed E-state index contributed by atoms with van der Waals surface area (Å²) in [6, 6.07) is 2.02. The van der Waals surface area contributed by atoms with Crippen LogP contribution in [0.4, 0.5) is 0 Å². The Kier molecular flexibility index (Phi) is 4.96. The molecule has 0 radical (unpaired) electrons. The summed E-state index contributed by atoms with van der Waals surface area (Å²) in [5, 5.41) is 9.70. The van der Waals surface area contributed by atoms with Crippen LogP contribution in [-0.2, 0) is 4.43 Å². The number of aliphatic hydroxyl groups excluding tert-OH is 1. The minimum absolute atomic E-state index is 0.192. The molecule has 0 rings (SSSR count). The van der Waals surface area contributed by atoms with Gasteiger partial charge in [0.1, 0.15) is 0 Å². The fourth-order valence-corrected chi connectivity index (χ4v) is 4.55. The third-order valence-electron chi connectivity index (χ3n) is 2.60. The van der Waals surface area contributed by atoms with Crippen LogP contribution in [-0.4, -0.2) is 26.3 Å². The van der Waals surface area contributed by atoms with Crippen molar-refractivity contribution in [2.45, 2.75) is 45.0 Å². The van der Waals surface area contributed by atoms with E-state index >= 15 is 0 Å². The largest absolute Gasteiger partial charge is 0.417 e. The lowest BCUT2D eigenvalue weighted by atomic mass is 10.5. The molecule has 0 saturated carbocycles. The molecule has 0 fully saturated rings. The van der Waals surface area contributed by atoms with Crippen LogP contribution in [0.15, 0.2) is 0 Å². The first-order valence-electron chi connectivity index (χ1n) is 4.40. The van der Waals surface area contributed by atoms with Gasteiger partial charge in [0.15, 0.2) is 0 Å². The van der Waals surface area contributed by atoms with Gasteiger partial charge in [0, 0.05) is 7.11 Å². The highest BCUT2D eigenvalue weighted by Crippen LogP contribution is 2.21. The summed E-state index contributed by atoms with van der Waals surface area (Å²) in [7, 11) is -0.0310. The molecule has 0 spiro atoms. The van der Waals surface area contributed by atoms with E-state index in [4.69, 9.17) is 4.43 Å². The van der Waals surface area contributed by atoms with Crippen molar-refractivity contribution < 1.29 is 9.53 Å². The van der Waals surface area contributed by atoms with Gasteiger partial charge >= 0.3 is 0 Å². The zero-order valence-electron chi connectivity index (χ0n) is 8.05. The van der Waals surface area contributed by atoms with Crippen LogP contribution in [0.1, 0.15) is 27.2 Å². The lowest BCUT2D eigenvalue weighted by Crippen LogP contribution is -2.48. The molecule has 0 heterocycles. The molecule has 0 saturated heterocycles. The van der Waals surface area contributed by atoms with E-state index in [9.17, 15) is 5.11 Å². The Balaban J connectivity index is 4.26. The molecule has 0 amide bonds. The van der Waals surface area contributed by atoms with Gasteiger partial charge in [-0.05, 0) is 18.5 Å². The van der Waals surface area contributed by atoms with Crippen LogP contribution < -0.4 is 0 Å². The zero-order chi connectivity index (χ0) is 8.91. The smallest absolute Gasteiger partial charge is 0.219 e. The summed E-state index contributed by atoms with van der Waals surface area (Å²) >= 11 is 0. The van der Waals surface area contributed by atoms with Gasteiger partial charge in [0.2, 0.25) is 8.32 Å². The van der Waals surface area contributed by atoms with E-state index in [1.54, 1.807) is 7.11 Å². The van der Waals surface area contributed by atoms with E-state index in [0.29, 0.717) is 0 Å². The standard InChI is InChI=1S/C8H20O2Si/c1-5-8(9)11(6-2,7-3)10-4/h8-9H,5-7H2,1-4H3. The predicted octanol–water partition coefficient (Wildman–Crippen LogP) is 1.93. The predicted molar refractivity (Wildman–Crippen MR) is 50.0 cm³/mol. The third kappa shape index (κ3) is 2.29. The Morgan fingerprint density at radius 3 is 1.82 bits per heavy atom. The van der Waals surface area contributed by atoms with Gasteiger partial charge in [-0.15, -0.1) is 0 Å². The normalized spacial score (nSPS) is 15.0. The van der Waals surface area contributed by atoms with E-state index in [-0.39, 0.29) is 5.73 Å². The number of hydrogen-bond donors (Lipinski definition) is 1. The van der Waals surface area contributed by atoms with Crippen molar-refractivity contribution in [2.24, 2.45) is 0 Å². The van der Waals surface area contributed by atoms with E-state index in [0.717, 1.165) is 18.5 Å². The number of rotatable bonds is 5. The van der Waals surface area contributed by atoms with Crippen LogP contribution in [0.2, 0.25) is 12.1 Å². The molecule has 11 heavy (non-hydrogen) atoms. The molecule has 0 aromatic carbocycles. The highest BCUT2D eigenvalue weighted by atomic mass is 28.4. The van der Waals surface area contributed by atoms with Crippen LogP contribution in [0.5, 0.6) is 0 Å². The van der Waals surface area contributed by atoms with Gasteiger partial charge in [0.25, 0.3) is 0 Å². The van der Waals surface area contributed by atoms with Crippen LogP contribution in [0.3, 0.4) is 0 Å². The lowest BCUT2D eigenvalue weighted by molar-refractivity contribution is 0.201. The van der Waals surface area contributed by atoms with Crippen LogP contribution >= 0.6 is 0 Å². The Bertz CT molecular complexity index is 94.0. The molecule has 3 heteroatoms. The molecule has 0 aliphatic heterocycles. The Hall–Kier alpha value is 0.137. The second-order valence-electron chi connectivity index (χ2n) is 2.90. The monoisotopic (exact) mass is 176 g/mol. The summed E-state index contributed by atoms with van der Waals surface area (Å²) in [5.41, 5.74) is -0.192. The van der Waals surface area contributed by atoms with Gasteiger partial charge < -0.3 is 9.53 Å². The second kappa shape index (κ2) is 4.90. The Morgan fingerprint density at radius 1 is 1.27 bits per heavy atom. The average Bonchev–Trinajstić information content (AvgIpc) is 2.08. The van der Waals surface area contributed by atoms with E-state index in [1.165, 1.54) is 0 Å². The molecule has 68 valence electrons. The van der Waals surface area contributed by atoms with Crippen molar-refractivity contribution in [3.63, 3.8) is 0 Å². The molecule has 2 nitrogen and oxygen atoms in total. The average molecular weight is 176 g/mol. The van der Waals surface area contributed by atoms with Crippen molar-refractivity contribution in [3.05, 3.63) is 0 Å².